The molecule has 2 rings (SSSR count). The Balaban J connectivity index is 2.19. The van der Waals surface area contributed by atoms with Crippen LogP contribution in [-0.2, 0) is 6.42 Å². The topological polar surface area (TPSA) is 3.24 Å². The maximum absolute atomic E-state index is 2.48. The molecule has 0 unspecified atom stereocenters. The Kier molecular flexibility index (Phi) is 4.45. The Morgan fingerprint density at radius 3 is 2.44 bits per heavy atom. The van der Waals surface area contributed by atoms with E-state index in [1.165, 1.54) is 31.5 Å². The second-order valence-electron chi connectivity index (χ2n) is 6.04. The zero-order chi connectivity index (χ0) is 13.1. The van der Waals surface area contributed by atoms with Crippen LogP contribution in [0.25, 0.3) is 0 Å². The molecule has 1 nitrogen and oxygen atoms in total. The van der Waals surface area contributed by atoms with E-state index in [9.17, 15) is 0 Å². The second-order valence-corrected chi connectivity index (χ2v) is 6.04. The van der Waals surface area contributed by atoms with Gasteiger partial charge in [-0.25, -0.2) is 0 Å². The molecule has 0 N–H and O–H groups in total. The highest BCUT2D eigenvalue weighted by Crippen LogP contribution is 2.30. The first-order valence-corrected chi connectivity index (χ1v) is 7.43. The molecule has 0 aliphatic carbocycles. The van der Waals surface area contributed by atoms with Gasteiger partial charge >= 0.3 is 0 Å². The summed E-state index contributed by atoms with van der Waals surface area (Å²) in [6.45, 7) is 9.36. The van der Waals surface area contributed by atoms with Gasteiger partial charge in [0, 0.05) is 0 Å². The van der Waals surface area contributed by atoms with Crippen molar-refractivity contribution >= 4 is 0 Å². The van der Waals surface area contributed by atoms with Crippen LogP contribution < -0.4 is 0 Å². The zero-order valence-electron chi connectivity index (χ0n) is 12.4. The van der Waals surface area contributed by atoms with Gasteiger partial charge in [-0.3, -0.25) is 0 Å². The van der Waals surface area contributed by atoms with Gasteiger partial charge in [0.2, 0.25) is 0 Å². The van der Waals surface area contributed by atoms with Gasteiger partial charge in [-0.2, -0.15) is 0 Å². The number of benzene rings is 1. The van der Waals surface area contributed by atoms with Crippen molar-refractivity contribution in [1.29, 1.82) is 0 Å². The van der Waals surface area contributed by atoms with Crippen LogP contribution in [-0.4, -0.2) is 25.0 Å². The zero-order valence-corrected chi connectivity index (χ0v) is 12.4. The number of aryl methyl sites for hydroxylation is 1. The predicted octanol–water partition coefficient (Wildman–Crippen LogP) is 4.18. The summed E-state index contributed by atoms with van der Waals surface area (Å²) in [5.74, 6) is 1.43. The van der Waals surface area contributed by atoms with E-state index in [0.29, 0.717) is 5.92 Å². The molecule has 1 heterocycles. The van der Waals surface area contributed by atoms with Gasteiger partial charge in [0.15, 0.2) is 0 Å². The van der Waals surface area contributed by atoms with Crippen molar-refractivity contribution in [2.24, 2.45) is 0 Å². The van der Waals surface area contributed by atoms with E-state index in [2.05, 4.69) is 50.9 Å². The van der Waals surface area contributed by atoms with Crippen molar-refractivity contribution in [3.05, 3.63) is 34.9 Å². The maximum Gasteiger partial charge on any atom is -0.00159 e. The molecule has 0 bridgehead atoms. The summed E-state index contributed by atoms with van der Waals surface area (Å²) in [6, 6.07) is 7.23. The molecule has 1 aliphatic rings. The second kappa shape index (κ2) is 5.88. The first kappa shape index (κ1) is 13.6. The molecule has 0 saturated carbocycles. The summed E-state index contributed by atoms with van der Waals surface area (Å²) < 4.78 is 0. The fourth-order valence-corrected chi connectivity index (χ4v) is 3.09. The molecule has 1 aromatic rings. The van der Waals surface area contributed by atoms with E-state index in [1.807, 2.05) is 0 Å². The number of hydrogen-bond acceptors (Lipinski definition) is 1. The standard InChI is InChI=1S/C17H27N/c1-5-14-12-16(6-7-17(14)13(2)3)15-8-10-18(4)11-9-15/h6-7,12-13,15H,5,8-11H2,1-4H3. The lowest BCUT2D eigenvalue weighted by Crippen LogP contribution is -2.29. The first-order valence-electron chi connectivity index (χ1n) is 7.43. The van der Waals surface area contributed by atoms with Crippen LogP contribution in [0.2, 0.25) is 0 Å². The fraction of sp³-hybridized carbons (Fsp3) is 0.647. The van der Waals surface area contributed by atoms with Crippen molar-refractivity contribution in [3.8, 4) is 0 Å². The SMILES string of the molecule is CCc1cc(C2CCN(C)CC2)ccc1C(C)C. The molecule has 0 aromatic heterocycles. The third-order valence-corrected chi connectivity index (χ3v) is 4.36. The summed E-state index contributed by atoms with van der Waals surface area (Å²) in [5.41, 5.74) is 4.67. The normalized spacial score (nSPS) is 18.5. The van der Waals surface area contributed by atoms with Crippen LogP contribution in [0.1, 0.15) is 62.1 Å². The van der Waals surface area contributed by atoms with Gasteiger partial charge in [-0.05, 0) is 67.9 Å². The predicted molar refractivity (Wildman–Crippen MR) is 79.4 cm³/mol. The van der Waals surface area contributed by atoms with Crippen LogP contribution in [0, 0.1) is 0 Å². The van der Waals surface area contributed by atoms with Crippen molar-refractivity contribution in [2.45, 2.75) is 51.9 Å². The van der Waals surface area contributed by atoms with Gasteiger partial charge in [0.1, 0.15) is 0 Å². The van der Waals surface area contributed by atoms with E-state index in [-0.39, 0.29) is 0 Å². The lowest BCUT2D eigenvalue weighted by atomic mass is 9.85. The Hall–Kier alpha value is -0.820. The van der Waals surface area contributed by atoms with Crippen molar-refractivity contribution < 1.29 is 0 Å². The minimum Gasteiger partial charge on any atom is -0.306 e. The molecule has 1 aliphatic heterocycles. The quantitative estimate of drug-likeness (QED) is 0.772. The minimum absolute atomic E-state index is 0.645. The van der Waals surface area contributed by atoms with Gasteiger partial charge < -0.3 is 4.90 Å². The third kappa shape index (κ3) is 2.95. The number of hydrogen-bond donors (Lipinski definition) is 0. The summed E-state index contributed by atoms with van der Waals surface area (Å²) >= 11 is 0. The molecule has 100 valence electrons. The average Bonchev–Trinajstić information content (AvgIpc) is 2.38. The van der Waals surface area contributed by atoms with Crippen LogP contribution in [0.4, 0.5) is 0 Å². The maximum atomic E-state index is 2.48. The first-order chi connectivity index (χ1) is 8.61. The molecule has 1 heteroatoms. The average molecular weight is 245 g/mol. The number of nitrogens with zero attached hydrogens (tertiary/aromatic N) is 1. The number of likely N-dealkylation sites (tertiary alicyclic amines) is 1. The van der Waals surface area contributed by atoms with Gasteiger partial charge in [0.25, 0.3) is 0 Å². The molecule has 18 heavy (non-hydrogen) atoms. The summed E-state index contributed by atoms with van der Waals surface area (Å²) in [4.78, 5) is 2.44. The van der Waals surface area contributed by atoms with E-state index in [4.69, 9.17) is 0 Å². The van der Waals surface area contributed by atoms with Gasteiger partial charge in [-0.1, -0.05) is 39.0 Å². The molecule has 0 spiro atoms. The van der Waals surface area contributed by atoms with E-state index < -0.39 is 0 Å². The Labute approximate surface area is 112 Å². The third-order valence-electron chi connectivity index (χ3n) is 4.36. The molecule has 0 amide bonds. The van der Waals surface area contributed by atoms with Crippen LogP contribution in [0.3, 0.4) is 0 Å². The van der Waals surface area contributed by atoms with Crippen LogP contribution in [0.15, 0.2) is 18.2 Å². The molecular formula is C17H27N. The lowest BCUT2D eigenvalue weighted by molar-refractivity contribution is 0.255. The molecule has 1 saturated heterocycles. The smallest absolute Gasteiger partial charge is 0.00159 e. The summed E-state index contributed by atoms with van der Waals surface area (Å²) in [5, 5.41) is 0. The summed E-state index contributed by atoms with van der Waals surface area (Å²) in [6.07, 6.45) is 3.80. The van der Waals surface area contributed by atoms with Crippen molar-refractivity contribution in [2.75, 3.05) is 20.1 Å². The van der Waals surface area contributed by atoms with Crippen LogP contribution in [0.5, 0.6) is 0 Å². The Morgan fingerprint density at radius 2 is 1.89 bits per heavy atom. The largest absolute Gasteiger partial charge is 0.306 e. The van der Waals surface area contributed by atoms with Crippen molar-refractivity contribution in [3.63, 3.8) is 0 Å². The molecule has 1 aromatic carbocycles. The molecule has 1 fully saturated rings. The van der Waals surface area contributed by atoms with Gasteiger partial charge in [0.05, 0.1) is 0 Å². The fourth-order valence-electron chi connectivity index (χ4n) is 3.09. The Morgan fingerprint density at radius 1 is 1.22 bits per heavy atom. The summed E-state index contributed by atoms with van der Waals surface area (Å²) in [7, 11) is 2.23. The van der Waals surface area contributed by atoms with Gasteiger partial charge in [-0.15, -0.1) is 0 Å². The molecule has 0 radical (unpaired) electrons. The minimum atomic E-state index is 0.645. The van der Waals surface area contributed by atoms with Crippen LogP contribution >= 0.6 is 0 Å². The molecule has 0 atom stereocenters. The monoisotopic (exact) mass is 245 g/mol. The lowest BCUT2D eigenvalue weighted by Gasteiger charge is -2.29. The van der Waals surface area contributed by atoms with Crippen molar-refractivity contribution in [1.82, 2.24) is 4.90 Å². The van der Waals surface area contributed by atoms with E-state index in [0.717, 1.165) is 12.3 Å². The van der Waals surface area contributed by atoms with E-state index in [1.54, 1.807) is 11.1 Å². The highest BCUT2D eigenvalue weighted by Gasteiger charge is 2.19. The highest BCUT2D eigenvalue weighted by atomic mass is 15.1. The number of piperidine rings is 1. The van der Waals surface area contributed by atoms with E-state index >= 15 is 0 Å². The molecular weight excluding hydrogens is 218 g/mol. The Bertz CT molecular complexity index is 387. The number of rotatable bonds is 3. The highest BCUT2D eigenvalue weighted by molar-refractivity contribution is 5.36.